The van der Waals surface area contributed by atoms with Gasteiger partial charge in [0.15, 0.2) is 0 Å². The fraction of sp³-hybridized carbons (Fsp3) is 0.333. The highest BCUT2D eigenvalue weighted by Gasteiger charge is 2.32. The number of ether oxygens (including phenoxy) is 1. The van der Waals surface area contributed by atoms with E-state index >= 15 is 0 Å². The second-order valence-corrected chi connectivity index (χ2v) is 9.22. The summed E-state index contributed by atoms with van der Waals surface area (Å²) in [6.45, 7) is 3.81. The van der Waals surface area contributed by atoms with Crippen molar-refractivity contribution in [1.29, 1.82) is 0 Å². The molecule has 208 valence electrons. The van der Waals surface area contributed by atoms with Crippen molar-refractivity contribution < 1.29 is 23.9 Å². The third-order valence-corrected chi connectivity index (χ3v) is 6.30. The topological polar surface area (TPSA) is 150 Å². The lowest BCUT2D eigenvalue weighted by atomic mass is 9.97. The van der Waals surface area contributed by atoms with Gasteiger partial charge >= 0.3 is 0 Å². The van der Waals surface area contributed by atoms with Gasteiger partial charge in [-0.2, -0.15) is 0 Å². The van der Waals surface area contributed by atoms with Crippen LogP contribution in [0.3, 0.4) is 0 Å². The Labute approximate surface area is 232 Å². The predicted octanol–water partition coefficient (Wildman–Crippen LogP) is 2.22. The largest absolute Gasteiger partial charge is 0.493 e. The minimum Gasteiger partial charge on any atom is -0.493 e. The Bertz CT molecular complexity index is 1240. The zero-order chi connectivity index (χ0) is 28.4. The van der Waals surface area contributed by atoms with Gasteiger partial charge in [0.2, 0.25) is 5.91 Å². The molecule has 1 aliphatic heterocycles. The maximum Gasteiger partial charge on any atom is 0.273 e. The molecule has 1 aliphatic rings. The molecule has 1 heterocycles. The zero-order valence-electron chi connectivity index (χ0n) is 22.0. The summed E-state index contributed by atoms with van der Waals surface area (Å²) in [5.74, 6) is -1.71. The Kier molecular flexibility index (Phi) is 10.7. The van der Waals surface area contributed by atoms with Crippen LogP contribution in [0.5, 0.6) is 5.75 Å². The number of anilines is 1. The van der Waals surface area contributed by atoms with Crippen molar-refractivity contribution in [3.8, 4) is 5.75 Å². The molecule has 1 saturated heterocycles. The SMILES string of the molecule is CCOc1ccc(Cl)cc1C(=O)NNC(=O)C1CCCC(C(=O)N/C(C(=O)Nc2ccccc2)=C(\C)NC)N1. The lowest BCUT2D eigenvalue weighted by Crippen LogP contribution is -2.58. The molecule has 0 aromatic heterocycles. The summed E-state index contributed by atoms with van der Waals surface area (Å²) in [6.07, 6.45) is 1.51. The van der Waals surface area contributed by atoms with Crippen LogP contribution in [-0.2, 0) is 14.4 Å². The van der Waals surface area contributed by atoms with E-state index in [1.807, 2.05) is 6.07 Å². The highest BCUT2D eigenvalue weighted by molar-refractivity contribution is 6.31. The first-order chi connectivity index (χ1) is 18.7. The standard InChI is InChI=1S/C27H33ClN6O5/c1-4-39-22-14-13-17(28)15-19(22)24(35)33-34-26(37)21-12-8-11-20(31-21)25(36)32-23(16(2)29-3)27(38)30-18-9-6-5-7-10-18/h5-7,9-10,13-15,20-21,29,31H,4,8,11-12H2,1-3H3,(H,30,38)(H,32,36)(H,33,35)(H,34,37)/b23-16+. The second-order valence-electron chi connectivity index (χ2n) is 8.78. The van der Waals surface area contributed by atoms with Crippen LogP contribution < -0.4 is 36.9 Å². The Morgan fingerprint density at radius 3 is 2.36 bits per heavy atom. The van der Waals surface area contributed by atoms with Crippen molar-refractivity contribution in [3.05, 3.63) is 70.5 Å². The highest BCUT2D eigenvalue weighted by atomic mass is 35.5. The molecule has 0 bridgehead atoms. The van der Waals surface area contributed by atoms with Crippen LogP contribution in [0.15, 0.2) is 59.9 Å². The maximum absolute atomic E-state index is 13.1. The summed E-state index contributed by atoms with van der Waals surface area (Å²) in [6, 6.07) is 12.0. The molecule has 2 atom stereocenters. The van der Waals surface area contributed by atoms with Crippen LogP contribution in [0.25, 0.3) is 0 Å². The first-order valence-electron chi connectivity index (χ1n) is 12.6. The minimum atomic E-state index is -0.739. The monoisotopic (exact) mass is 556 g/mol. The second kappa shape index (κ2) is 14.2. The third kappa shape index (κ3) is 8.20. The van der Waals surface area contributed by atoms with Gasteiger partial charge in [0.25, 0.3) is 17.7 Å². The van der Waals surface area contributed by atoms with Gasteiger partial charge in [-0.25, -0.2) is 0 Å². The van der Waals surface area contributed by atoms with Crippen molar-refractivity contribution in [1.82, 2.24) is 26.8 Å². The number of piperidine rings is 1. The van der Waals surface area contributed by atoms with Gasteiger partial charge in [-0.3, -0.25) is 35.3 Å². The Hall–Kier alpha value is -4.09. The van der Waals surface area contributed by atoms with Crippen molar-refractivity contribution in [2.24, 2.45) is 0 Å². The molecule has 2 unspecified atom stereocenters. The molecular formula is C27H33ClN6O5. The lowest BCUT2D eigenvalue weighted by molar-refractivity contribution is -0.128. The lowest BCUT2D eigenvalue weighted by Gasteiger charge is -2.29. The van der Waals surface area contributed by atoms with Crippen molar-refractivity contribution in [2.75, 3.05) is 19.0 Å². The predicted molar refractivity (Wildman–Crippen MR) is 148 cm³/mol. The molecule has 6 N–H and O–H groups in total. The number of hydrogen-bond donors (Lipinski definition) is 6. The van der Waals surface area contributed by atoms with E-state index in [4.69, 9.17) is 16.3 Å². The summed E-state index contributed by atoms with van der Waals surface area (Å²) < 4.78 is 5.46. The minimum absolute atomic E-state index is 0.0682. The summed E-state index contributed by atoms with van der Waals surface area (Å²) in [7, 11) is 1.64. The number of hydrazine groups is 1. The fourth-order valence-corrected chi connectivity index (χ4v) is 4.13. The highest BCUT2D eigenvalue weighted by Crippen LogP contribution is 2.23. The number of rotatable bonds is 9. The van der Waals surface area contributed by atoms with E-state index in [1.54, 1.807) is 57.3 Å². The van der Waals surface area contributed by atoms with Crippen LogP contribution in [0.4, 0.5) is 5.69 Å². The van der Waals surface area contributed by atoms with E-state index in [0.717, 1.165) is 0 Å². The van der Waals surface area contributed by atoms with Crippen LogP contribution in [0.1, 0.15) is 43.5 Å². The molecule has 2 aromatic rings. The number of amides is 4. The van der Waals surface area contributed by atoms with Gasteiger partial charge in [-0.15, -0.1) is 0 Å². The summed E-state index contributed by atoms with van der Waals surface area (Å²) in [5.41, 5.74) is 6.06. The number of allylic oxidation sites excluding steroid dienone is 1. The van der Waals surface area contributed by atoms with Crippen molar-refractivity contribution >= 4 is 40.9 Å². The van der Waals surface area contributed by atoms with E-state index in [2.05, 4.69) is 32.1 Å². The van der Waals surface area contributed by atoms with Gasteiger partial charge in [-0.1, -0.05) is 29.8 Å². The molecule has 0 saturated carbocycles. The first-order valence-corrected chi connectivity index (χ1v) is 13.0. The normalized spacial score (nSPS) is 17.2. The molecule has 0 radical (unpaired) electrons. The molecule has 11 nitrogen and oxygen atoms in total. The number of nitrogens with one attached hydrogen (secondary N) is 6. The molecule has 2 aromatic carbocycles. The van der Waals surface area contributed by atoms with Crippen LogP contribution in [0.2, 0.25) is 5.02 Å². The Morgan fingerprint density at radius 1 is 1.00 bits per heavy atom. The van der Waals surface area contributed by atoms with E-state index in [0.29, 0.717) is 48.0 Å². The molecule has 0 aliphatic carbocycles. The first kappa shape index (κ1) is 29.5. The number of benzene rings is 2. The van der Waals surface area contributed by atoms with Gasteiger partial charge in [-0.05, 0) is 63.4 Å². The molecular weight excluding hydrogens is 524 g/mol. The number of para-hydroxylation sites is 1. The summed E-state index contributed by atoms with van der Waals surface area (Å²) >= 11 is 6.01. The molecule has 1 fully saturated rings. The van der Waals surface area contributed by atoms with Gasteiger partial charge in [0.1, 0.15) is 11.4 Å². The van der Waals surface area contributed by atoms with Gasteiger partial charge in [0, 0.05) is 23.5 Å². The van der Waals surface area contributed by atoms with E-state index in [1.165, 1.54) is 6.07 Å². The van der Waals surface area contributed by atoms with Crippen LogP contribution in [-0.4, -0.2) is 49.4 Å². The summed E-state index contributed by atoms with van der Waals surface area (Å²) in [5, 5.41) is 11.7. The number of carbonyl (C=O) groups is 4. The maximum atomic E-state index is 13.1. The molecule has 0 spiro atoms. The van der Waals surface area contributed by atoms with Crippen LogP contribution in [0, 0.1) is 0 Å². The quantitative estimate of drug-likeness (QED) is 0.205. The molecule has 12 heteroatoms. The Morgan fingerprint density at radius 2 is 1.69 bits per heavy atom. The van der Waals surface area contributed by atoms with Gasteiger partial charge in [0.05, 0.1) is 24.3 Å². The van der Waals surface area contributed by atoms with Crippen molar-refractivity contribution in [3.63, 3.8) is 0 Å². The number of hydrogen-bond acceptors (Lipinski definition) is 7. The molecule has 39 heavy (non-hydrogen) atoms. The zero-order valence-corrected chi connectivity index (χ0v) is 22.8. The third-order valence-electron chi connectivity index (χ3n) is 6.06. The smallest absolute Gasteiger partial charge is 0.273 e. The van der Waals surface area contributed by atoms with E-state index in [-0.39, 0.29) is 11.3 Å². The molecule has 3 rings (SSSR count). The van der Waals surface area contributed by atoms with Gasteiger partial charge < -0.3 is 20.7 Å². The van der Waals surface area contributed by atoms with Crippen LogP contribution >= 0.6 is 11.6 Å². The average molecular weight is 557 g/mol. The number of halogens is 1. The summed E-state index contributed by atoms with van der Waals surface area (Å²) in [4.78, 5) is 51.5. The Balaban J connectivity index is 1.60. The number of carbonyl (C=O) groups excluding carboxylic acids is 4. The molecule has 4 amide bonds. The fourth-order valence-electron chi connectivity index (χ4n) is 3.95. The van der Waals surface area contributed by atoms with E-state index in [9.17, 15) is 19.2 Å². The average Bonchev–Trinajstić information content (AvgIpc) is 2.95. The van der Waals surface area contributed by atoms with E-state index < -0.39 is 35.7 Å². The van der Waals surface area contributed by atoms with Crippen molar-refractivity contribution in [2.45, 2.75) is 45.2 Å².